The van der Waals surface area contributed by atoms with Gasteiger partial charge in [-0.3, -0.25) is 4.90 Å². The molecule has 1 spiro atoms. The predicted molar refractivity (Wildman–Crippen MR) is 115 cm³/mol. The standard InChI is InChI=1S/C22H25N5O2/c1-14-5-7-15(8-6-14)16-9-10-18(17(13-16)19(28)29)27-21(24)25-20(23)26-22(27)11-3-2-4-12-22/h5-10,13H,2-4,11-12H2,1H3,(H,28,29)(H4,23,24,25,26). The van der Waals surface area contributed by atoms with E-state index in [9.17, 15) is 9.90 Å². The van der Waals surface area contributed by atoms with E-state index in [0.29, 0.717) is 5.69 Å². The van der Waals surface area contributed by atoms with E-state index in [0.717, 1.165) is 48.8 Å². The summed E-state index contributed by atoms with van der Waals surface area (Å²) in [5, 5.41) is 9.97. The van der Waals surface area contributed by atoms with Gasteiger partial charge in [0, 0.05) is 0 Å². The van der Waals surface area contributed by atoms with Crippen LogP contribution in [0.2, 0.25) is 0 Å². The zero-order valence-corrected chi connectivity index (χ0v) is 16.4. The van der Waals surface area contributed by atoms with Gasteiger partial charge in [0.05, 0.1) is 11.3 Å². The Bertz CT molecular complexity index is 1000. The zero-order valence-electron chi connectivity index (χ0n) is 16.4. The van der Waals surface area contributed by atoms with E-state index >= 15 is 0 Å². The van der Waals surface area contributed by atoms with Gasteiger partial charge in [-0.1, -0.05) is 42.3 Å². The van der Waals surface area contributed by atoms with Gasteiger partial charge in [-0.2, -0.15) is 4.99 Å². The van der Waals surface area contributed by atoms with Crippen LogP contribution in [0.25, 0.3) is 11.1 Å². The molecule has 2 aliphatic rings. The van der Waals surface area contributed by atoms with Crippen molar-refractivity contribution in [1.82, 2.24) is 0 Å². The summed E-state index contributed by atoms with van der Waals surface area (Å²) in [7, 11) is 0. The first-order chi connectivity index (χ1) is 13.9. The van der Waals surface area contributed by atoms with Crippen molar-refractivity contribution in [2.45, 2.75) is 44.7 Å². The van der Waals surface area contributed by atoms with Gasteiger partial charge in [-0.25, -0.2) is 9.79 Å². The number of nitrogens with zero attached hydrogens (tertiary/aromatic N) is 3. The monoisotopic (exact) mass is 391 g/mol. The van der Waals surface area contributed by atoms with Gasteiger partial charge in [0.15, 0.2) is 0 Å². The molecule has 0 atom stereocenters. The average Bonchev–Trinajstić information content (AvgIpc) is 2.68. The summed E-state index contributed by atoms with van der Waals surface area (Å²) in [6.07, 6.45) is 4.57. The van der Waals surface area contributed by atoms with E-state index in [1.54, 1.807) is 17.0 Å². The van der Waals surface area contributed by atoms with Crippen molar-refractivity contribution in [1.29, 1.82) is 0 Å². The number of aromatic carboxylic acids is 1. The SMILES string of the molecule is Cc1ccc(-c2ccc(N3C(N)=NC(N)=NC34CCCCC4)c(C(=O)O)c2)cc1. The minimum atomic E-state index is -1.02. The maximum atomic E-state index is 12.2. The molecule has 4 rings (SSSR count). The fourth-order valence-corrected chi connectivity index (χ4v) is 4.30. The molecule has 0 saturated heterocycles. The number of carboxylic acid groups (broad SMARTS) is 1. The van der Waals surface area contributed by atoms with Crippen molar-refractivity contribution in [2.24, 2.45) is 21.5 Å². The minimum Gasteiger partial charge on any atom is -0.478 e. The van der Waals surface area contributed by atoms with Gasteiger partial charge in [-0.15, -0.1) is 0 Å². The van der Waals surface area contributed by atoms with Crippen LogP contribution >= 0.6 is 0 Å². The Hall–Kier alpha value is -3.35. The van der Waals surface area contributed by atoms with Crippen molar-refractivity contribution in [3.8, 4) is 11.1 Å². The number of hydrogen-bond donors (Lipinski definition) is 3. The van der Waals surface area contributed by atoms with Crippen LogP contribution in [0.15, 0.2) is 52.4 Å². The van der Waals surface area contributed by atoms with E-state index < -0.39 is 11.6 Å². The smallest absolute Gasteiger partial charge is 0.337 e. The van der Waals surface area contributed by atoms with Crippen LogP contribution in [0.3, 0.4) is 0 Å². The summed E-state index contributed by atoms with van der Waals surface area (Å²) < 4.78 is 0. The molecule has 29 heavy (non-hydrogen) atoms. The maximum absolute atomic E-state index is 12.2. The first-order valence-corrected chi connectivity index (χ1v) is 9.84. The summed E-state index contributed by atoms with van der Waals surface area (Å²) in [5.74, 6) is -0.686. The lowest BCUT2D eigenvalue weighted by molar-refractivity contribution is 0.0697. The zero-order chi connectivity index (χ0) is 20.6. The number of hydrogen-bond acceptors (Lipinski definition) is 6. The summed E-state index contributed by atoms with van der Waals surface area (Å²) in [5.41, 5.74) is 15.1. The number of anilines is 1. The lowest BCUT2D eigenvalue weighted by Crippen LogP contribution is -2.58. The molecule has 1 fully saturated rings. The van der Waals surface area contributed by atoms with Crippen LogP contribution in [0.5, 0.6) is 0 Å². The predicted octanol–water partition coefficient (Wildman–Crippen LogP) is 3.47. The molecule has 1 heterocycles. The molecule has 0 radical (unpaired) electrons. The van der Waals surface area contributed by atoms with Gasteiger partial charge in [-0.05, 0) is 55.9 Å². The topological polar surface area (TPSA) is 117 Å². The highest BCUT2D eigenvalue weighted by Gasteiger charge is 2.43. The highest BCUT2D eigenvalue weighted by Crippen LogP contribution is 2.41. The van der Waals surface area contributed by atoms with Crippen LogP contribution in [0, 0.1) is 6.92 Å². The first kappa shape index (κ1) is 19.0. The molecule has 5 N–H and O–H groups in total. The van der Waals surface area contributed by atoms with Crippen LogP contribution in [-0.4, -0.2) is 28.7 Å². The Morgan fingerprint density at radius 1 is 1.03 bits per heavy atom. The van der Waals surface area contributed by atoms with E-state index in [4.69, 9.17) is 11.5 Å². The third-order valence-electron chi connectivity index (χ3n) is 5.70. The molecule has 150 valence electrons. The fourth-order valence-electron chi connectivity index (χ4n) is 4.30. The quantitative estimate of drug-likeness (QED) is 0.740. The van der Waals surface area contributed by atoms with Crippen LogP contribution in [0.4, 0.5) is 5.69 Å². The van der Waals surface area contributed by atoms with Crippen molar-refractivity contribution < 1.29 is 9.90 Å². The number of carboxylic acids is 1. The van der Waals surface area contributed by atoms with Crippen LogP contribution in [-0.2, 0) is 0 Å². The lowest BCUT2D eigenvalue weighted by Gasteiger charge is -2.46. The van der Waals surface area contributed by atoms with E-state index in [1.165, 1.54) is 0 Å². The van der Waals surface area contributed by atoms with Crippen LogP contribution < -0.4 is 16.4 Å². The molecule has 1 aliphatic carbocycles. The number of rotatable bonds is 3. The molecule has 7 nitrogen and oxygen atoms in total. The van der Waals surface area contributed by atoms with Crippen molar-refractivity contribution >= 4 is 23.6 Å². The van der Waals surface area contributed by atoms with Gasteiger partial charge in [0.1, 0.15) is 5.66 Å². The summed E-state index contributed by atoms with van der Waals surface area (Å²) in [6.45, 7) is 2.02. The number of carbonyl (C=O) groups is 1. The molecule has 2 aromatic carbocycles. The Balaban J connectivity index is 1.83. The molecule has 1 aliphatic heterocycles. The largest absolute Gasteiger partial charge is 0.478 e. The van der Waals surface area contributed by atoms with Gasteiger partial charge >= 0.3 is 5.97 Å². The van der Waals surface area contributed by atoms with Crippen molar-refractivity contribution in [2.75, 3.05) is 4.90 Å². The number of benzene rings is 2. The molecule has 0 aromatic heterocycles. The van der Waals surface area contributed by atoms with Crippen molar-refractivity contribution in [3.63, 3.8) is 0 Å². The van der Waals surface area contributed by atoms with Gasteiger partial charge in [0.25, 0.3) is 0 Å². The number of aliphatic imine (C=N–C) groups is 2. The summed E-state index contributed by atoms with van der Waals surface area (Å²) in [4.78, 5) is 22.7. The maximum Gasteiger partial charge on any atom is 0.337 e. The molecule has 0 bridgehead atoms. The van der Waals surface area contributed by atoms with Crippen molar-refractivity contribution in [3.05, 3.63) is 53.6 Å². The van der Waals surface area contributed by atoms with Crippen LogP contribution in [0.1, 0.15) is 48.0 Å². The minimum absolute atomic E-state index is 0.147. The normalized spacial score (nSPS) is 18.3. The Labute approximate surface area is 169 Å². The number of guanidine groups is 2. The van der Waals surface area contributed by atoms with E-state index in [-0.39, 0.29) is 17.5 Å². The second-order valence-corrected chi connectivity index (χ2v) is 7.72. The Kier molecular flexibility index (Phi) is 4.74. The Morgan fingerprint density at radius 2 is 1.69 bits per heavy atom. The highest BCUT2D eigenvalue weighted by molar-refractivity contribution is 6.09. The summed E-state index contributed by atoms with van der Waals surface area (Å²) >= 11 is 0. The van der Waals surface area contributed by atoms with Gasteiger partial charge < -0.3 is 16.6 Å². The number of nitrogens with two attached hydrogens (primary N) is 2. The second-order valence-electron chi connectivity index (χ2n) is 7.72. The fraction of sp³-hybridized carbons (Fsp3) is 0.318. The third-order valence-corrected chi connectivity index (χ3v) is 5.70. The Morgan fingerprint density at radius 3 is 2.34 bits per heavy atom. The summed E-state index contributed by atoms with van der Waals surface area (Å²) in [6, 6.07) is 13.4. The molecule has 0 amide bonds. The van der Waals surface area contributed by atoms with Gasteiger partial charge in [0.2, 0.25) is 11.9 Å². The molecule has 7 heteroatoms. The molecule has 0 unspecified atom stereocenters. The highest BCUT2D eigenvalue weighted by atomic mass is 16.4. The first-order valence-electron chi connectivity index (χ1n) is 9.84. The lowest BCUT2D eigenvalue weighted by atomic mass is 9.86. The third kappa shape index (κ3) is 3.44. The average molecular weight is 391 g/mol. The molecular formula is C22H25N5O2. The van der Waals surface area contributed by atoms with E-state index in [1.807, 2.05) is 37.3 Å². The molecule has 2 aromatic rings. The second kappa shape index (κ2) is 7.24. The van der Waals surface area contributed by atoms with E-state index in [2.05, 4.69) is 9.98 Å². The molecule has 1 saturated carbocycles. The number of aryl methyl sites for hydroxylation is 1. The molecular weight excluding hydrogens is 366 g/mol.